The minimum absolute atomic E-state index is 0.0722. The fraction of sp³-hybridized carbons (Fsp3) is 0.180. The summed E-state index contributed by atoms with van der Waals surface area (Å²) in [7, 11) is 0. The summed E-state index contributed by atoms with van der Waals surface area (Å²) in [6.07, 6.45) is 2.32. The zero-order valence-corrected chi connectivity index (χ0v) is 36.3. The highest BCUT2D eigenvalue weighted by Crippen LogP contribution is 2.67. The zero-order valence-electron chi connectivity index (χ0n) is 36.3. The Hall–Kier alpha value is -6.70. The number of fused-ring (bicyclic) bond motifs is 4. The second-order valence-corrected chi connectivity index (χ2v) is 20.0. The van der Waals surface area contributed by atoms with Crippen LogP contribution >= 0.6 is 0 Å². The summed E-state index contributed by atoms with van der Waals surface area (Å²) in [6, 6.07) is 70.9. The number of nitrogens with zero attached hydrogens (tertiary/aromatic N) is 1. The van der Waals surface area contributed by atoms with Crippen molar-refractivity contribution in [2.75, 3.05) is 4.90 Å². The second-order valence-electron chi connectivity index (χ2n) is 20.0. The molecule has 1 nitrogen and oxygen atoms in total. The Labute approximate surface area is 365 Å². The summed E-state index contributed by atoms with van der Waals surface area (Å²) < 4.78 is 0. The van der Waals surface area contributed by atoms with Gasteiger partial charge in [0.05, 0.1) is 5.54 Å². The van der Waals surface area contributed by atoms with Crippen LogP contribution in [0.4, 0.5) is 11.4 Å². The molecule has 0 spiro atoms. The average Bonchev–Trinajstić information content (AvgIpc) is 3.55. The molecule has 0 amide bonds. The van der Waals surface area contributed by atoms with Crippen molar-refractivity contribution in [3.63, 3.8) is 0 Å². The highest BCUT2D eigenvalue weighted by Gasteiger charge is 2.60. The summed E-state index contributed by atoms with van der Waals surface area (Å²) in [6.45, 7) is 12.6. The lowest BCUT2D eigenvalue weighted by Crippen LogP contribution is -2.55. The number of benzene rings is 10. The normalized spacial score (nSPS) is 19.0. The van der Waals surface area contributed by atoms with Gasteiger partial charge in [0.2, 0.25) is 0 Å². The molecule has 62 heavy (non-hydrogen) atoms. The lowest BCUT2D eigenvalue weighted by atomic mass is 9.52. The van der Waals surface area contributed by atoms with Gasteiger partial charge in [0.1, 0.15) is 0 Å². The minimum atomic E-state index is -0.0722. The Morgan fingerprint density at radius 2 is 0.919 bits per heavy atom. The van der Waals surface area contributed by atoms with Crippen molar-refractivity contribution in [1.29, 1.82) is 0 Å². The van der Waals surface area contributed by atoms with E-state index in [9.17, 15) is 0 Å². The molecule has 0 bridgehead atoms. The van der Waals surface area contributed by atoms with Crippen molar-refractivity contribution in [2.24, 2.45) is 10.8 Å². The molecule has 1 heterocycles. The van der Waals surface area contributed by atoms with E-state index in [4.69, 9.17) is 0 Å². The fourth-order valence-corrected chi connectivity index (χ4v) is 13.3. The number of para-hydroxylation sites is 1. The lowest BCUT2D eigenvalue weighted by Gasteiger charge is -2.56. The van der Waals surface area contributed by atoms with Gasteiger partial charge in [-0.3, -0.25) is 0 Å². The maximum atomic E-state index is 2.71. The number of anilines is 2. The molecule has 300 valence electrons. The third-order valence-electron chi connectivity index (χ3n) is 14.7. The first kappa shape index (κ1) is 37.1. The van der Waals surface area contributed by atoms with Gasteiger partial charge in [-0.2, -0.15) is 0 Å². The molecule has 1 saturated carbocycles. The average molecular weight is 798 g/mol. The molecule has 1 aliphatic carbocycles. The Morgan fingerprint density at radius 1 is 0.403 bits per heavy atom. The number of hydrogen-bond donors (Lipinski definition) is 0. The van der Waals surface area contributed by atoms with Crippen LogP contribution in [0, 0.1) is 10.8 Å². The van der Waals surface area contributed by atoms with Gasteiger partial charge in [0.25, 0.3) is 0 Å². The van der Waals surface area contributed by atoms with Crippen molar-refractivity contribution < 1.29 is 0 Å². The molecule has 10 aromatic carbocycles. The first-order valence-corrected chi connectivity index (χ1v) is 22.5. The summed E-state index contributed by atoms with van der Waals surface area (Å²) in [5.41, 5.74) is 14.5. The largest absolute Gasteiger partial charge is 0.335 e. The van der Waals surface area contributed by atoms with E-state index in [1.54, 1.807) is 0 Å². The van der Waals surface area contributed by atoms with Crippen LogP contribution < -0.4 is 4.90 Å². The van der Waals surface area contributed by atoms with Crippen LogP contribution in [0.15, 0.2) is 188 Å². The van der Waals surface area contributed by atoms with Gasteiger partial charge in [-0.15, -0.1) is 0 Å². The van der Waals surface area contributed by atoms with E-state index in [-0.39, 0.29) is 16.4 Å². The molecule has 0 aromatic heterocycles. The van der Waals surface area contributed by atoms with Crippen LogP contribution in [0.2, 0.25) is 0 Å². The first-order valence-electron chi connectivity index (χ1n) is 22.5. The van der Waals surface area contributed by atoms with E-state index in [0.29, 0.717) is 5.92 Å². The smallest absolute Gasteiger partial charge is 0.0502 e. The molecule has 0 radical (unpaired) electrons. The molecule has 10 aromatic rings. The van der Waals surface area contributed by atoms with Gasteiger partial charge in [0, 0.05) is 17.3 Å². The molecular weight excluding hydrogens is 747 g/mol. The van der Waals surface area contributed by atoms with Gasteiger partial charge >= 0.3 is 0 Å². The third-order valence-corrected chi connectivity index (χ3v) is 14.7. The summed E-state index contributed by atoms with van der Waals surface area (Å²) in [4.78, 5) is 2.71. The molecule has 2 aliphatic rings. The van der Waals surface area contributed by atoms with Gasteiger partial charge in [0.15, 0.2) is 0 Å². The van der Waals surface area contributed by atoms with Gasteiger partial charge in [-0.25, -0.2) is 0 Å². The van der Waals surface area contributed by atoms with Gasteiger partial charge in [-0.1, -0.05) is 179 Å². The third kappa shape index (κ3) is 5.47. The minimum Gasteiger partial charge on any atom is -0.335 e. The molecule has 0 N–H and O–H groups in total. The van der Waals surface area contributed by atoms with Crippen LogP contribution in [0.25, 0.3) is 87.6 Å². The van der Waals surface area contributed by atoms with E-state index in [1.807, 2.05) is 0 Å². The Kier molecular flexibility index (Phi) is 8.02. The molecule has 2 unspecified atom stereocenters. The topological polar surface area (TPSA) is 3.24 Å². The van der Waals surface area contributed by atoms with E-state index < -0.39 is 0 Å². The molecule has 1 fully saturated rings. The van der Waals surface area contributed by atoms with Crippen LogP contribution in [0.1, 0.15) is 58.9 Å². The van der Waals surface area contributed by atoms with Crippen LogP contribution in [-0.2, 0) is 0 Å². The predicted molar refractivity (Wildman–Crippen MR) is 266 cm³/mol. The molecule has 0 saturated heterocycles. The van der Waals surface area contributed by atoms with Gasteiger partial charge in [-0.05, 0) is 160 Å². The summed E-state index contributed by atoms with van der Waals surface area (Å²) >= 11 is 0. The van der Waals surface area contributed by atoms with Crippen molar-refractivity contribution in [2.45, 2.75) is 58.9 Å². The van der Waals surface area contributed by atoms with Crippen molar-refractivity contribution in [1.82, 2.24) is 0 Å². The van der Waals surface area contributed by atoms with Crippen molar-refractivity contribution in [3.05, 3.63) is 194 Å². The van der Waals surface area contributed by atoms with E-state index in [1.165, 1.54) is 111 Å². The second kappa shape index (κ2) is 13.4. The van der Waals surface area contributed by atoms with Crippen molar-refractivity contribution in [3.8, 4) is 44.5 Å². The Bertz CT molecular complexity index is 3350. The van der Waals surface area contributed by atoms with Crippen LogP contribution in [0.5, 0.6) is 0 Å². The maximum Gasteiger partial charge on any atom is 0.0502 e. The maximum absolute atomic E-state index is 2.71. The first-order chi connectivity index (χ1) is 30.1. The molecule has 2 atom stereocenters. The van der Waals surface area contributed by atoms with E-state index >= 15 is 0 Å². The summed E-state index contributed by atoms with van der Waals surface area (Å²) in [5.74, 6) is 0.364. The fourth-order valence-electron chi connectivity index (χ4n) is 13.3. The van der Waals surface area contributed by atoms with Crippen LogP contribution in [0.3, 0.4) is 0 Å². The van der Waals surface area contributed by atoms with E-state index in [0.717, 1.165) is 6.42 Å². The number of rotatable bonds is 5. The predicted octanol–water partition coefficient (Wildman–Crippen LogP) is 17.2. The van der Waals surface area contributed by atoms with Crippen LogP contribution in [-0.4, -0.2) is 5.54 Å². The quantitative estimate of drug-likeness (QED) is 0.157. The van der Waals surface area contributed by atoms with Crippen molar-refractivity contribution >= 4 is 54.5 Å². The highest BCUT2D eigenvalue weighted by atomic mass is 15.2. The molecule has 1 heteroatoms. The molecule has 12 rings (SSSR count). The number of hydrogen-bond acceptors (Lipinski definition) is 1. The lowest BCUT2D eigenvalue weighted by molar-refractivity contribution is 0.0367. The highest BCUT2D eigenvalue weighted by molar-refractivity contribution is 6.32. The zero-order chi connectivity index (χ0) is 42.0. The monoisotopic (exact) mass is 797 g/mol. The van der Waals surface area contributed by atoms with Gasteiger partial charge < -0.3 is 4.90 Å². The standard InChI is InChI=1S/C61H51N/c1-59(2)37-60(3,4)58-54-34-42(28-33-55(54)62(61(58,5)38-59)43-24-13-8-14-25-43)52-35-50(40-18-9-6-10-19-40)46-31-32-49-53(45-27-17-23-39-22-15-16-26-44(39)45)36-51(41-20-11-7-12-21-41)47-29-30-48(52)56(46)57(47)49/h6-36,58H,37-38H2,1-5H3. The Morgan fingerprint density at radius 3 is 1.55 bits per heavy atom. The SMILES string of the molecule is CC1(C)CC(C)(C)C2c3cc(-c4cc(-c5ccccc5)c5ccc6c(-c7cccc8ccccc78)cc(-c7ccccc7)c7ccc4c5c76)ccc3N(c3ccccc3)C2(C)C1. The molecular formula is C61H51N. The summed E-state index contributed by atoms with van der Waals surface area (Å²) in [5, 5.41) is 10.4. The Balaban J connectivity index is 1.18. The van der Waals surface area contributed by atoms with E-state index in [2.05, 4.69) is 228 Å². The molecule has 1 aliphatic heterocycles.